The molecule has 1 aliphatic rings. The number of hydrogen-bond donors (Lipinski definition) is 2. The van der Waals surface area contributed by atoms with Gasteiger partial charge in [0.2, 0.25) is 11.8 Å². The number of urea groups is 1. The smallest absolute Gasteiger partial charge is 0.323 e. The van der Waals surface area contributed by atoms with Gasteiger partial charge >= 0.3 is 12.0 Å². The standard InChI is InChI=1S/C12H20N4O5/c1-8-11(20)15(7-10(18)19)4-5-16(8)9(17)6-13-12(21)14(2)3/h8H,4-7H2,1-3H3,(H,13,21)(H,18,19)/t8-/m0/s1. The normalized spacial score (nSPS) is 18.4. The third-order valence-electron chi connectivity index (χ3n) is 3.19. The van der Waals surface area contributed by atoms with Gasteiger partial charge in [0.05, 0.1) is 6.54 Å². The van der Waals surface area contributed by atoms with E-state index in [1.807, 2.05) is 0 Å². The summed E-state index contributed by atoms with van der Waals surface area (Å²) in [6.07, 6.45) is 0. The van der Waals surface area contributed by atoms with E-state index in [-0.39, 0.29) is 32.1 Å². The fraction of sp³-hybridized carbons (Fsp3) is 0.667. The van der Waals surface area contributed by atoms with Gasteiger partial charge in [-0.1, -0.05) is 0 Å². The van der Waals surface area contributed by atoms with Crippen molar-refractivity contribution in [1.82, 2.24) is 20.0 Å². The molecular formula is C12H20N4O5. The van der Waals surface area contributed by atoms with E-state index in [0.29, 0.717) is 0 Å². The number of carboxylic acid groups (broad SMARTS) is 1. The minimum absolute atomic E-state index is 0.169. The molecule has 0 unspecified atom stereocenters. The van der Waals surface area contributed by atoms with Crippen LogP contribution in [0.15, 0.2) is 0 Å². The molecule has 1 rings (SSSR count). The monoisotopic (exact) mass is 300 g/mol. The number of nitrogens with one attached hydrogen (secondary N) is 1. The summed E-state index contributed by atoms with van der Waals surface area (Å²) in [7, 11) is 3.10. The second-order valence-electron chi connectivity index (χ2n) is 4.97. The molecule has 9 heteroatoms. The van der Waals surface area contributed by atoms with Crippen molar-refractivity contribution in [2.45, 2.75) is 13.0 Å². The van der Waals surface area contributed by atoms with Crippen LogP contribution in [0.4, 0.5) is 4.79 Å². The average molecular weight is 300 g/mol. The van der Waals surface area contributed by atoms with Gasteiger partial charge in [0, 0.05) is 27.2 Å². The minimum Gasteiger partial charge on any atom is -0.480 e. The summed E-state index contributed by atoms with van der Waals surface area (Å²) in [6.45, 7) is 1.39. The van der Waals surface area contributed by atoms with Crippen molar-refractivity contribution in [2.75, 3.05) is 40.3 Å². The molecule has 0 spiro atoms. The van der Waals surface area contributed by atoms with E-state index in [1.54, 1.807) is 21.0 Å². The summed E-state index contributed by atoms with van der Waals surface area (Å²) < 4.78 is 0. The molecule has 1 fully saturated rings. The Bertz CT molecular complexity index is 451. The van der Waals surface area contributed by atoms with Crippen LogP contribution in [0.1, 0.15) is 6.92 Å². The summed E-state index contributed by atoms with van der Waals surface area (Å²) in [5.41, 5.74) is 0. The molecule has 118 valence electrons. The molecule has 1 heterocycles. The fourth-order valence-corrected chi connectivity index (χ4v) is 2.00. The van der Waals surface area contributed by atoms with Crippen LogP contribution in [0, 0.1) is 0 Å². The first-order chi connectivity index (χ1) is 9.73. The average Bonchev–Trinajstić information content (AvgIpc) is 2.40. The van der Waals surface area contributed by atoms with E-state index in [9.17, 15) is 19.2 Å². The van der Waals surface area contributed by atoms with Crippen LogP contribution in [0.5, 0.6) is 0 Å². The highest BCUT2D eigenvalue weighted by Gasteiger charge is 2.34. The van der Waals surface area contributed by atoms with Crippen molar-refractivity contribution >= 4 is 23.8 Å². The molecule has 0 bridgehead atoms. The molecular weight excluding hydrogens is 280 g/mol. The van der Waals surface area contributed by atoms with E-state index < -0.39 is 23.9 Å². The minimum atomic E-state index is -1.09. The topological polar surface area (TPSA) is 110 Å². The van der Waals surface area contributed by atoms with Gasteiger partial charge < -0.3 is 25.1 Å². The number of carboxylic acids is 1. The third kappa shape index (κ3) is 4.33. The first-order valence-electron chi connectivity index (χ1n) is 6.49. The van der Waals surface area contributed by atoms with Crippen LogP contribution in [0.2, 0.25) is 0 Å². The number of amides is 4. The van der Waals surface area contributed by atoms with Crippen molar-refractivity contribution in [3.05, 3.63) is 0 Å². The first-order valence-corrected chi connectivity index (χ1v) is 6.49. The van der Waals surface area contributed by atoms with Crippen LogP contribution in [0.3, 0.4) is 0 Å². The SMILES string of the molecule is C[C@H]1C(=O)N(CC(=O)O)CCN1C(=O)CNC(=O)N(C)C. The third-order valence-corrected chi connectivity index (χ3v) is 3.19. The van der Waals surface area contributed by atoms with E-state index in [4.69, 9.17) is 5.11 Å². The second kappa shape index (κ2) is 6.91. The molecule has 4 amide bonds. The van der Waals surface area contributed by atoms with E-state index in [2.05, 4.69) is 5.32 Å². The van der Waals surface area contributed by atoms with E-state index in [0.717, 1.165) is 0 Å². The maximum Gasteiger partial charge on any atom is 0.323 e. The van der Waals surface area contributed by atoms with Crippen LogP contribution in [-0.2, 0) is 14.4 Å². The van der Waals surface area contributed by atoms with Crippen LogP contribution >= 0.6 is 0 Å². The lowest BCUT2D eigenvalue weighted by molar-refractivity contribution is -0.154. The Morgan fingerprint density at radius 1 is 1.33 bits per heavy atom. The maximum atomic E-state index is 12.0. The molecule has 0 aromatic heterocycles. The van der Waals surface area contributed by atoms with Gasteiger partial charge in [-0.3, -0.25) is 14.4 Å². The van der Waals surface area contributed by atoms with Crippen LogP contribution in [0.25, 0.3) is 0 Å². The van der Waals surface area contributed by atoms with Gasteiger partial charge in [0.25, 0.3) is 0 Å². The van der Waals surface area contributed by atoms with Gasteiger partial charge in [0.15, 0.2) is 0 Å². The maximum absolute atomic E-state index is 12.0. The van der Waals surface area contributed by atoms with Gasteiger partial charge in [-0.2, -0.15) is 0 Å². The van der Waals surface area contributed by atoms with E-state index >= 15 is 0 Å². The largest absolute Gasteiger partial charge is 0.480 e. The summed E-state index contributed by atoms with van der Waals surface area (Å²) in [6, 6.07) is -1.13. The second-order valence-corrected chi connectivity index (χ2v) is 4.97. The Morgan fingerprint density at radius 2 is 1.95 bits per heavy atom. The quantitative estimate of drug-likeness (QED) is 0.650. The van der Waals surface area contributed by atoms with E-state index in [1.165, 1.54) is 14.7 Å². The molecule has 1 saturated heterocycles. The lowest BCUT2D eigenvalue weighted by Crippen LogP contribution is -2.59. The lowest BCUT2D eigenvalue weighted by Gasteiger charge is -2.38. The fourth-order valence-electron chi connectivity index (χ4n) is 2.00. The summed E-state index contributed by atoms with van der Waals surface area (Å²) in [5, 5.41) is 11.2. The van der Waals surface area contributed by atoms with Gasteiger partial charge in [-0.15, -0.1) is 0 Å². The number of nitrogens with zero attached hydrogens (tertiary/aromatic N) is 3. The Morgan fingerprint density at radius 3 is 2.48 bits per heavy atom. The van der Waals surface area contributed by atoms with Gasteiger partial charge in [-0.05, 0) is 6.92 Å². The molecule has 0 aliphatic carbocycles. The highest BCUT2D eigenvalue weighted by atomic mass is 16.4. The predicted molar refractivity (Wildman–Crippen MR) is 72.5 cm³/mol. The zero-order valence-corrected chi connectivity index (χ0v) is 12.3. The number of carbonyl (C=O) groups excluding carboxylic acids is 3. The number of piperazine rings is 1. The number of hydrogen-bond acceptors (Lipinski definition) is 4. The molecule has 2 N–H and O–H groups in total. The molecule has 0 saturated carbocycles. The highest BCUT2D eigenvalue weighted by molar-refractivity contribution is 5.91. The molecule has 0 aromatic rings. The molecule has 1 atom stereocenters. The number of carbonyl (C=O) groups is 4. The summed E-state index contributed by atoms with van der Waals surface area (Å²) in [4.78, 5) is 49.9. The van der Waals surface area contributed by atoms with Gasteiger partial charge in [-0.25, -0.2) is 4.79 Å². The summed E-state index contributed by atoms with van der Waals surface area (Å²) in [5.74, 6) is -1.87. The number of rotatable bonds is 4. The Kier molecular flexibility index (Phi) is 5.51. The Hall–Kier alpha value is -2.32. The Labute approximate surface area is 122 Å². The molecule has 1 aliphatic heterocycles. The number of aliphatic carboxylic acids is 1. The lowest BCUT2D eigenvalue weighted by atomic mass is 10.1. The van der Waals surface area contributed by atoms with Crippen LogP contribution < -0.4 is 5.32 Å². The summed E-state index contributed by atoms with van der Waals surface area (Å²) >= 11 is 0. The Balaban J connectivity index is 2.57. The van der Waals surface area contributed by atoms with Crippen LogP contribution in [-0.4, -0.2) is 89.9 Å². The highest BCUT2D eigenvalue weighted by Crippen LogP contribution is 2.11. The molecule has 9 nitrogen and oxygen atoms in total. The van der Waals surface area contributed by atoms with Crippen molar-refractivity contribution in [2.24, 2.45) is 0 Å². The zero-order chi connectivity index (χ0) is 16.2. The zero-order valence-electron chi connectivity index (χ0n) is 12.3. The molecule has 0 radical (unpaired) electrons. The first kappa shape index (κ1) is 16.7. The predicted octanol–water partition coefficient (Wildman–Crippen LogP) is -1.60. The van der Waals surface area contributed by atoms with Crippen molar-refractivity contribution in [1.29, 1.82) is 0 Å². The molecule has 0 aromatic carbocycles. The van der Waals surface area contributed by atoms with Gasteiger partial charge in [0.1, 0.15) is 12.6 Å². The molecule has 21 heavy (non-hydrogen) atoms. The van der Waals surface area contributed by atoms with Crippen molar-refractivity contribution < 1.29 is 24.3 Å². The van der Waals surface area contributed by atoms with Crippen molar-refractivity contribution in [3.8, 4) is 0 Å². The van der Waals surface area contributed by atoms with Crippen molar-refractivity contribution in [3.63, 3.8) is 0 Å².